The first kappa shape index (κ1) is 28.2. The van der Waals surface area contributed by atoms with E-state index < -0.39 is 42.9 Å². The summed E-state index contributed by atoms with van der Waals surface area (Å²) in [5, 5.41) is 13.2. The number of nitrogens with zero attached hydrogens (tertiary/aromatic N) is 1. The van der Waals surface area contributed by atoms with Crippen molar-refractivity contribution >= 4 is 28.5 Å². The lowest BCUT2D eigenvalue weighted by Crippen LogP contribution is -2.50. The van der Waals surface area contributed by atoms with E-state index in [0.717, 1.165) is 5.39 Å². The zero-order chi connectivity index (χ0) is 27.4. The third-order valence-electron chi connectivity index (χ3n) is 6.88. The van der Waals surface area contributed by atoms with E-state index in [1.165, 1.54) is 24.0 Å². The van der Waals surface area contributed by atoms with Crippen LogP contribution in [-0.4, -0.2) is 66.3 Å². The molecule has 0 fully saturated rings. The topological polar surface area (TPSA) is 77.6 Å². The molecule has 1 aliphatic heterocycles. The molecule has 3 N–H and O–H groups in total. The van der Waals surface area contributed by atoms with E-state index in [4.69, 9.17) is 16.3 Å². The molecular weight excluding hydrogens is 526 g/mol. The third kappa shape index (κ3) is 5.77. The van der Waals surface area contributed by atoms with Crippen LogP contribution in [0.25, 0.3) is 10.9 Å². The Morgan fingerprint density at radius 2 is 2.03 bits per heavy atom. The number of ether oxygens (including phenoxy) is 1. The molecule has 206 valence electrons. The van der Waals surface area contributed by atoms with Crippen LogP contribution in [-0.2, 0) is 11.2 Å². The van der Waals surface area contributed by atoms with Gasteiger partial charge in [0.25, 0.3) is 6.43 Å². The van der Waals surface area contributed by atoms with Gasteiger partial charge in [0.15, 0.2) is 0 Å². The second-order valence-corrected chi connectivity index (χ2v) is 9.80. The normalized spacial score (nSPS) is 18.6. The smallest absolute Gasteiger partial charge is 0.307 e. The molecule has 0 saturated heterocycles. The van der Waals surface area contributed by atoms with Gasteiger partial charge in [-0.15, -0.1) is 0 Å². The molecule has 11 heteroatoms. The predicted molar refractivity (Wildman–Crippen MR) is 138 cm³/mol. The van der Waals surface area contributed by atoms with E-state index >= 15 is 4.39 Å². The lowest BCUT2D eigenvalue weighted by atomic mass is 9.87. The fourth-order valence-electron chi connectivity index (χ4n) is 5.00. The van der Waals surface area contributed by atoms with Crippen molar-refractivity contribution in [2.75, 3.05) is 32.9 Å². The SMILES string of the molecule is CC(CN1C(c2c(F)ccc(OCCNCCCF)c2Cl)c2[nH]c3ccccc3c2CC1C(F)F)C(=O)O. The maximum atomic E-state index is 15.6. The van der Waals surface area contributed by atoms with E-state index in [9.17, 15) is 23.1 Å². The highest BCUT2D eigenvalue weighted by atomic mass is 35.5. The molecule has 2 heterocycles. The number of hydrogen-bond acceptors (Lipinski definition) is 4. The van der Waals surface area contributed by atoms with Gasteiger partial charge in [-0.2, -0.15) is 0 Å². The number of nitrogens with one attached hydrogen (secondary N) is 2. The molecule has 2 aromatic carbocycles. The molecule has 4 rings (SSSR count). The van der Waals surface area contributed by atoms with Gasteiger partial charge in [0.1, 0.15) is 18.2 Å². The summed E-state index contributed by atoms with van der Waals surface area (Å²) < 4.78 is 62.6. The fraction of sp³-hybridized carbons (Fsp3) is 0.444. The number of carbonyl (C=O) groups is 1. The van der Waals surface area contributed by atoms with E-state index in [1.807, 2.05) is 6.07 Å². The number of halogens is 5. The Kier molecular flexibility index (Phi) is 9.17. The summed E-state index contributed by atoms with van der Waals surface area (Å²) in [6.07, 6.45) is -2.50. The van der Waals surface area contributed by atoms with Crippen molar-refractivity contribution in [1.29, 1.82) is 0 Å². The summed E-state index contributed by atoms with van der Waals surface area (Å²) in [4.78, 5) is 16.3. The molecule has 1 aliphatic rings. The molecule has 3 aromatic rings. The first-order chi connectivity index (χ1) is 18.2. The summed E-state index contributed by atoms with van der Waals surface area (Å²) in [7, 11) is 0. The van der Waals surface area contributed by atoms with Crippen LogP contribution in [0.4, 0.5) is 17.6 Å². The van der Waals surface area contributed by atoms with Gasteiger partial charge >= 0.3 is 5.97 Å². The number of H-pyrrole nitrogens is 1. The maximum Gasteiger partial charge on any atom is 0.307 e. The van der Waals surface area contributed by atoms with Gasteiger partial charge in [-0.25, -0.2) is 13.2 Å². The lowest BCUT2D eigenvalue weighted by Gasteiger charge is -2.43. The van der Waals surface area contributed by atoms with E-state index in [-0.39, 0.29) is 35.9 Å². The number of carboxylic acids is 1. The standard InChI is InChI=1S/C27H30ClF4N3O3/c1-15(27(36)37)14-35-20(26(31)32)13-17-16-5-2-3-6-19(16)34-24(17)25(35)22-18(30)7-8-21(23(22)28)38-12-11-33-10-4-9-29/h2-3,5-8,15,20,25-26,33-34H,4,9-14H2,1H3,(H,36,37). The molecule has 0 spiro atoms. The first-order valence-electron chi connectivity index (χ1n) is 12.5. The molecule has 38 heavy (non-hydrogen) atoms. The Morgan fingerprint density at radius 1 is 1.26 bits per heavy atom. The van der Waals surface area contributed by atoms with Crippen LogP contribution in [0.3, 0.4) is 0 Å². The monoisotopic (exact) mass is 555 g/mol. The van der Waals surface area contributed by atoms with Crippen molar-refractivity contribution in [3.05, 3.63) is 64.1 Å². The van der Waals surface area contributed by atoms with Crippen LogP contribution in [0.1, 0.15) is 36.2 Å². The minimum Gasteiger partial charge on any atom is -0.491 e. The maximum absolute atomic E-state index is 15.6. The molecule has 0 aliphatic carbocycles. The summed E-state index contributed by atoms with van der Waals surface area (Å²) in [5.41, 5.74) is 1.75. The summed E-state index contributed by atoms with van der Waals surface area (Å²) >= 11 is 6.69. The molecule has 3 atom stereocenters. The summed E-state index contributed by atoms with van der Waals surface area (Å²) in [5.74, 6) is -2.70. The molecular formula is C27H30ClF4N3O3. The zero-order valence-corrected chi connectivity index (χ0v) is 21.6. The third-order valence-corrected chi connectivity index (χ3v) is 7.27. The number of benzene rings is 2. The Hall–Kier alpha value is -2.82. The van der Waals surface area contributed by atoms with Gasteiger partial charge in [-0.05, 0) is 43.1 Å². The summed E-state index contributed by atoms with van der Waals surface area (Å²) in [6, 6.07) is 7.28. The van der Waals surface area contributed by atoms with Gasteiger partial charge in [0.05, 0.1) is 29.7 Å². The predicted octanol–water partition coefficient (Wildman–Crippen LogP) is 5.59. The molecule has 0 bridgehead atoms. The van der Waals surface area contributed by atoms with Crippen LogP contribution < -0.4 is 10.1 Å². The molecule has 1 aromatic heterocycles. The van der Waals surface area contributed by atoms with Crippen LogP contribution in [0, 0.1) is 11.7 Å². The lowest BCUT2D eigenvalue weighted by molar-refractivity contribution is -0.142. The minimum absolute atomic E-state index is 0.0418. The number of hydrogen-bond donors (Lipinski definition) is 3. The van der Waals surface area contributed by atoms with Crippen LogP contribution in [0.5, 0.6) is 5.75 Å². The molecule has 3 unspecified atom stereocenters. The van der Waals surface area contributed by atoms with Crippen molar-refractivity contribution in [3.63, 3.8) is 0 Å². The van der Waals surface area contributed by atoms with Crippen molar-refractivity contribution in [1.82, 2.24) is 15.2 Å². The highest BCUT2D eigenvalue weighted by Gasteiger charge is 2.44. The Labute approximate surface area is 222 Å². The van der Waals surface area contributed by atoms with Crippen LogP contribution in [0.2, 0.25) is 5.02 Å². The second-order valence-electron chi connectivity index (χ2n) is 9.42. The van der Waals surface area contributed by atoms with Gasteiger partial charge in [-0.3, -0.25) is 14.1 Å². The van der Waals surface area contributed by atoms with Gasteiger partial charge in [0.2, 0.25) is 0 Å². The van der Waals surface area contributed by atoms with Gasteiger partial charge in [0, 0.05) is 35.2 Å². The summed E-state index contributed by atoms with van der Waals surface area (Å²) in [6.45, 7) is 1.78. The largest absolute Gasteiger partial charge is 0.491 e. The Bertz CT molecular complexity index is 1270. The van der Waals surface area contributed by atoms with Crippen molar-refractivity contribution < 1.29 is 32.2 Å². The fourth-order valence-corrected chi connectivity index (χ4v) is 5.31. The number of para-hydroxylation sites is 1. The number of fused-ring (bicyclic) bond motifs is 3. The minimum atomic E-state index is -2.82. The molecule has 6 nitrogen and oxygen atoms in total. The van der Waals surface area contributed by atoms with Crippen molar-refractivity contribution in [2.24, 2.45) is 5.92 Å². The van der Waals surface area contributed by atoms with Crippen molar-refractivity contribution in [2.45, 2.75) is 38.3 Å². The van der Waals surface area contributed by atoms with E-state index in [0.29, 0.717) is 36.3 Å². The molecule has 0 amide bonds. The van der Waals surface area contributed by atoms with Gasteiger partial charge in [-0.1, -0.05) is 36.7 Å². The highest BCUT2D eigenvalue weighted by Crippen LogP contribution is 2.46. The zero-order valence-electron chi connectivity index (χ0n) is 20.8. The highest BCUT2D eigenvalue weighted by molar-refractivity contribution is 6.33. The quantitative estimate of drug-likeness (QED) is 0.201. The molecule has 0 radical (unpaired) electrons. The van der Waals surface area contributed by atoms with E-state index in [1.54, 1.807) is 18.2 Å². The number of aromatic amines is 1. The Morgan fingerprint density at radius 3 is 2.74 bits per heavy atom. The number of aromatic nitrogens is 1. The first-order valence-corrected chi connectivity index (χ1v) is 12.9. The second kappa shape index (κ2) is 12.4. The van der Waals surface area contributed by atoms with Gasteiger partial charge < -0.3 is 20.1 Å². The van der Waals surface area contributed by atoms with Crippen LogP contribution >= 0.6 is 11.6 Å². The van der Waals surface area contributed by atoms with Crippen LogP contribution in [0.15, 0.2) is 36.4 Å². The number of carboxylic acid groups (broad SMARTS) is 1. The number of rotatable bonds is 12. The molecule has 0 saturated carbocycles. The average molecular weight is 556 g/mol. The number of aliphatic carboxylic acids is 1. The van der Waals surface area contributed by atoms with E-state index in [2.05, 4.69) is 10.3 Å². The average Bonchev–Trinajstić information content (AvgIpc) is 3.26. The number of alkyl halides is 3. The van der Waals surface area contributed by atoms with Crippen molar-refractivity contribution in [3.8, 4) is 5.75 Å². The Balaban J connectivity index is 1.80.